The summed E-state index contributed by atoms with van der Waals surface area (Å²) in [7, 11) is -2.95. The van der Waals surface area contributed by atoms with Crippen LogP contribution in [0.5, 0.6) is 0 Å². The van der Waals surface area contributed by atoms with Gasteiger partial charge in [0.15, 0.2) is 0 Å². The van der Waals surface area contributed by atoms with Gasteiger partial charge in [0.25, 0.3) is 0 Å². The molecule has 0 rings (SSSR count). The van der Waals surface area contributed by atoms with Crippen LogP contribution in [0.2, 0.25) is 0 Å². The summed E-state index contributed by atoms with van der Waals surface area (Å²) in [6.07, 6.45) is 1.59. The van der Waals surface area contributed by atoms with Gasteiger partial charge in [-0.15, -0.1) is 0 Å². The Bertz CT molecular complexity index is 294. The van der Waals surface area contributed by atoms with Crippen molar-refractivity contribution in [2.75, 3.05) is 18.6 Å². The molecule has 0 heterocycles. The second-order valence-electron chi connectivity index (χ2n) is 3.84. The minimum atomic E-state index is -2.95. The van der Waals surface area contributed by atoms with E-state index in [1.165, 1.54) is 13.8 Å². The van der Waals surface area contributed by atoms with Crippen molar-refractivity contribution in [1.82, 2.24) is 5.32 Å². The number of carbonyl (C=O) groups is 1. The lowest BCUT2D eigenvalue weighted by molar-refractivity contribution is -0.143. The van der Waals surface area contributed by atoms with Crippen LogP contribution >= 0.6 is 0 Å². The molecule has 0 bridgehead atoms. The lowest BCUT2D eigenvalue weighted by atomic mass is 10.1. The van der Waals surface area contributed by atoms with Crippen molar-refractivity contribution in [2.24, 2.45) is 0 Å². The van der Waals surface area contributed by atoms with E-state index in [9.17, 15) is 13.2 Å². The molecular weight excluding hydrogens is 206 g/mol. The molecule has 5 nitrogen and oxygen atoms in total. The molecule has 0 aliphatic heterocycles. The van der Waals surface area contributed by atoms with Crippen molar-refractivity contribution in [3.8, 4) is 0 Å². The first-order chi connectivity index (χ1) is 6.15. The molecule has 0 unspecified atom stereocenters. The van der Waals surface area contributed by atoms with Gasteiger partial charge < -0.3 is 10.4 Å². The minimum absolute atomic E-state index is 0.0791. The maximum Gasteiger partial charge on any atom is 0.323 e. The van der Waals surface area contributed by atoms with Crippen molar-refractivity contribution >= 4 is 15.8 Å². The van der Waals surface area contributed by atoms with Crippen LogP contribution < -0.4 is 5.32 Å². The highest BCUT2D eigenvalue weighted by atomic mass is 32.2. The predicted octanol–water partition coefficient (Wildman–Crippen LogP) is -0.126. The molecule has 84 valence electrons. The Hall–Kier alpha value is -0.620. The fourth-order valence-electron chi connectivity index (χ4n) is 0.811. The Morgan fingerprint density at radius 2 is 1.93 bits per heavy atom. The monoisotopic (exact) mass is 223 g/mol. The van der Waals surface area contributed by atoms with Gasteiger partial charge in [-0.2, -0.15) is 0 Å². The molecule has 0 aromatic carbocycles. The van der Waals surface area contributed by atoms with E-state index in [1.54, 1.807) is 0 Å². The Balaban J connectivity index is 3.81. The molecule has 14 heavy (non-hydrogen) atoms. The van der Waals surface area contributed by atoms with Gasteiger partial charge in [-0.1, -0.05) is 0 Å². The third-order valence-electron chi connectivity index (χ3n) is 1.79. The van der Waals surface area contributed by atoms with Crippen LogP contribution in [0.1, 0.15) is 20.3 Å². The van der Waals surface area contributed by atoms with Gasteiger partial charge in [-0.3, -0.25) is 4.79 Å². The maximum absolute atomic E-state index is 10.7. The van der Waals surface area contributed by atoms with Gasteiger partial charge in [0.2, 0.25) is 0 Å². The average molecular weight is 223 g/mol. The van der Waals surface area contributed by atoms with Gasteiger partial charge in [-0.05, 0) is 26.8 Å². The molecule has 0 aromatic rings. The third-order valence-corrected chi connectivity index (χ3v) is 2.82. The summed E-state index contributed by atoms with van der Waals surface area (Å²) in [4.78, 5) is 10.6. The molecule has 0 radical (unpaired) electrons. The highest BCUT2D eigenvalue weighted by molar-refractivity contribution is 7.90. The number of carboxylic acid groups (broad SMARTS) is 1. The van der Waals surface area contributed by atoms with Crippen LogP contribution in [0.4, 0.5) is 0 Å². The van der Waals surface area contributed by atoms with Crippen molar-refractivity contribution in [3.05, 3.63) is 0 Å². The fraction of sp³-hybridized carbons (Fsp3) is 0.875. The molecule has 6 heteroatoms. The van der Waals surface area contributed by atoms with Crippen molar-refractivity contribution in [3.63, 3.8) is 0 Å². The third kappa shape index (κ3) is 5.93. The largest absolute Gasteiger partial charge is 0.480 e. The zero-order valence-electron chi connectivity index (χ0n) is 8.70. The quantitative estimate of drug-likeness (QED) is 0.613. The first-order valence-corrected chi connectivity index (χ1v) is 6.37. The molecule has 0 aliphatic rings. The fourth-order valence-corrected chi connectivity index (χ4v) is 1.48. The summed E-state index contributed by atoms with van der Waals surface area (Å²) < 4.78 is 21.5. The molecule has 0 saturated carbocycles. The summed E-state index contributed by atoms with van der Waals surface area (Å²) in [5.74, 6) is -0.868. The van der Waals surface area contributed by atoms with Crippen molar-refractivity contribution in [2.45, 2.75) is 25.8 Å². The molecule has 0 aromatic heterocycles. The Kier molecular flexibility index (Phi) is 4.54. The average Bonchev–Trinajstić information content (AvgIpc) is 1.96. The molecular formula is C8H17NO4S. The molecule has 0 spiro atoms. The number of hydrogen-bond acceptors (Lipinski definition) is 4. The number of sulfone groups is 1. The van der Waals surface area contributed by atoms with Crippen LogP contribution in [0.25, 0.3) is 0 Å². The van der Waals surface area contributed by atoms with Gasteiger partial charge in [0.05, 0.1) is 5.75 Å². The van der Waals surface area contributed by atoms with Gasteiger partial charge in [-0.25, -0.2) is 8.42 Å². The van der Waals surface area contributed by atoms with Crippen LogP contribution in [0.3, 0.4) is 0 Å². The number of nitrogens with one attached hydrogen (secondary N) is 1. The summed E-state index contributed by atoms with van der Waals surface area (Å²) in [5, 5.41) is 11.5. The van der Waals surface area contributed by atoms with E-state index in [0.717, 1.165) is 6.26 Å². The Morgan fingerprint density at radius 3 is 2.29 bits per heavy atom. The summed E-state index contributed by atoms with van der Waals surface area (Å²) in [6.45, 7) is 3.46. The van der Waals surface area contributed by atoms with E-state index in [1.807, 2.05) is 0 Å². The Labute approximate surface area is 84.4 Å². The van der Waals surface area contributed by atoms with E-state index < -0.39 is 21.3 Å². The van der Waals surface area contributed by atoms with Gasteiger partial charge in [0, 0.05) is 6.26 Å². The number of hydrogen-bond donors (Lipinski definition) is 2. The summed E-state index contributed by atoms with van der Waals surface area (Å²) in [6, 6.07) is 0. The number of rotatable bonds is 6. The van der Waals surface area contributed by atoms with Crippen LogP contribution in [0.15, 0.2) is 0 Å². The molecule has 0 saturated heterocycles. The maximum atomic E-state index is 10.7. The van der Waals surface area contributed by atoms with Gasteiger partial charge >= 0.3 is 5.97 Å². The Morgan fingerprint density at radius 1 is 1.43 bits per heavy atom. The van der Waals surface area contributed by atoms with Crippen LogP contribution in [0, 0.1) is 0 Å². The molecule has 0 amide bonds. The first-order valence-electron chi connectivity index (χ1n) is 4.31. The van der Waals surface area contributed by atoms with E-state index in [2.05, 4.69) is 5.32 Å². The second kappa shape index (κ2) is 4.75. The topological polar surface area (TPSA) is 83.5 Å². The normalized spacial score (nSPS) is 12.8. The SMILES string of the molecule is CC(C)(NCCCS(C)(=O)=O)C(=O)O. The van der Waals surface area contributed by atoms with E-state index in [4.69, 9.17) is 5.11 Å². The molecule has 0 fully saturated rings. The molecule has 0 atom stereocenters. The smallest absolute Gasteiger partial charge is 0.323 e. The zero-order chi connectivity index (χ0) is 11.4. The van der Waals surface area contributed by atoms with E-state index in [0.29, 0.717) is 13.0 Å². The van der Waals surface area contributed by atoms with E-state index >= 15 is 0 Å². The lowest BCUT2D eigenvalue weighted by Gasteiger charge is -2.20. The van der Waals surface area contributed by atoms with Crippen molar-refractivity contribution < 1.29 is 18.3 Å². The highest BCUT2D eigenvalue weighted by Gasteiger charge is 2.25. The van der Waals surface area contributed by atoms with Gasteiger partial charge in [0.1, 0.15) is 15.4 Å². The second-order valence-corrected chi connectivity index (χ2v) is 6.10. The van der Waals surface area contributed by atoms with Crippen LogP contribution in [-0.4, -0.2) is 43.6 Å². The van der Waals surface area contributed by atoms with Crippen molar-refractivity contribution in [1.29, 1.82) is 0 Å². The summed E-state index contributed by atoms with van der Waals surface area (Å²) in [5.41, 5.74) is -1.00. The molecule has 0 aliphatic carbocycles. The zero-order valence-corrected chi connectivity index (χ0v) is 9.52. The first kappa shape index (κ1) is 13.4. The minimum Gasteiger partial charge on any atom is -0.480 e. The summed E-state index contributed by atoms with van der Waals surface area (Å²) >= 11 is 0. The van der Waals surface area contributed by atoms with E-state index in [-0.39, 0.29) is 5.75 Å². The number of carboxylic acids is 1. The highest BCUT2D eigenvalue weighted by Crippen LogP contribution is 2.01. The lowest BCUT2D eigenvalue weighted by Crippen LogP contribution is -2.47. The standard InChI is InChI=1S/C8H17NO4S/c1-8(2,7(10)11)9-5-4-6-14(3,12)13/h9H,4-6H2,1-3H3,(H,10,11). The predicted molar refractivity (Wildman–Crippen MR) is 54.0 cm³/mol. The van der Waals surface area contributed by atoms with Crippen LogP contribution in [-0.2, 0) is 14.6 Å². The molecule has 2 N–H and O–H groups in total. The number of aliphatic carboxylic acids is 1.